The van der Waals surface area contributed by atoms with Gasteiger partial charge in [-0.2, -0.15) is 0 Å². The zero-order valence-electron chi connectivity index (χ0n) is 8.56. The van der Waals surface area contributed by atoms with Gasteiger partial charge < -0.3 is 10.5 Å². The van der Waals surface area contributed by atoms with Crippen molar-refractivity contribution in [3.63, 3.8) is 0 Å². The third kappa shape index (κ3) is 4.48. The molecular formula is C10H16N2OS. The summed E-state index contributed by atoms with van der Waals surface area (Å²) in [7, 11) is 0. The van der Waals surface area contributed by atoms with Gasteiger partial charge in [-0.15, -0.1) is 11.8 Å². The Morgan fingerprint density at radius 3 is 2.86 bits per heavy atom. The lowest BCUT2D eigenvalue weighted by molar-refractivity contribution is 0.0920. The summed E-state index contributed by atoms with van der Waals surface area (Å²) < 4.78 is 5.41. The van der Waals surface area contributed by atoms with Gasteiger partial charge in [0.25, 0.3) is 0 Å². The smallest absolute Gasteiger partial charge is 0.0962 e. The van der Waals surface area contributed by atoms with E-state index in [2.05, 4.69) is 4.98 Å². The number of pyridine rings is 1. The summed E-state index contributed by atoms with van der Waals surface area (Å²) in [4.78, 5) is 4.18. The van der Waals surface area contributed by atoms with Crippen molar-refractivity contribution in [1.29, 1.82) is 0 Å². The highest BCUT2D eigenvalue weighted by Gasteiger charge is 1.96. The highest BCUT2D eigenvalue weighted by atomic mass is 32.2. The van der Waals surface area contributed by atoms with E-state index in [1.807, 2.05) is 26.0 Å². The van der Waals surface area contributed by atoms with Gasteiger partial charge in [0.1, 0.15) is 0 Å². The molecule has 0 fully saturated rings. The van der Waals surface area contributed by atoms with Crippen LogP contribution in [0.3, 0.4) is 0 Å². The summed E-state index contributed by atoms with van der Waals surface area (Å²) in [5.74, 6) is 0.926. The van der Waals surface area contributed by atoms with Crippen LogP contribution in [0.1, 0.15) is 13.8 Å². The molecule has 0 radical (unpaired) electrons. The minimum Gasteiger partial charge on any atom is -0.397 e. The molecule has 0 aromatic carbocycles. The Morgan fingerprint density at radius 2 is 2.29 bits per heavy atom. The van der Waals surface area contributed by atoms with Gasteiger partial charge >= 0.3 is 0 Å². The van der Waals surface area contributed by atoms with E-state index in [1.54, 1.807) is 18.0 Å². The van der Waals surface area contributed by atoms with Gasteiger partial charge in [0.15, 0.2) is 0 Å². The normalized spacial score (nSPS) is 10.8. The zero-order chi connectivity index (χ0) is 10.4. The lowest BCUT2D eigenvalue weighted by Crippen LogP contribution is -2.05. The first-order valence-corrected chi connectivity index (χ1v) is 5.63. The van der Waals surface area contributed by atoms with Gasteiger partial charge in [-0.1, -0.05) is 0 Å². The van der Waals surface area contributed by atoms with Crippen molar-refractivity contribution in [2.75, 3.05) is 18.1 Å². The molecule has 4 heteroatoms. The van der Waals surface area contributed by atoms with E-state index in [0.717, 1.165) is 17.4 Å². The quantitative estimate of drug-likeness (QED) is 0.600. The first kappa shape index (κ1) is 11.3. The molecule has 78 valence electrons. The van der Waals surface area contributed by atoms with E-state index in [4.69, 9.17) is 10.5 Å². The number of aromatic nitrogens is 1. The minimum atomic E-state index is 0.301. The average molecular weight is 212 g/mol. The topological polar surface area (TPSA) is 48.1 Å². The number of hydrogen-bond acceptors (Lipinski definition) is 4. The van der Waals surface area contributed by atoms with Crippen molar-refractivity contribution >= 4 is 17.4 Å². The van der Waals surface area contributed by atoms with E-state index in [0.29, 0.717) is 11.8 Å². The number of nitrogen functional groups attached to an aromatic ring is 1. The van der Waals surface area contributed by atoms with Gasteiger partial charge in [-0.3, -0.25) is 0 Å². The second kappa shape index (κ2) is 5.88. The molecule has 2 N–H and O–H groups in total. The third-order valence-corrected chi connectivity index (χ3v) is 2.45. The van der Waals surface area contributed by atoms with Crippen molar-refractivity contribution in [3.05, 3.63) is 18.3 Å². The molecule has 1 rings (SSSR count). The summed E-state index contributed by atoms with van der Waals surface area (Å²) in [6, 6.07) is 3.79. The predicted molar refractivity (Wildman–Crippen MR) is 60.5 cm³/mol. The lowest BCUT2D eigenvalue weighted by Gasteiger charge is -2.06. The molecule has 0 aliphatic rings. The Hall–Kier alpha value is -0.740. The molecule has 0 saturated heterocycles. The minimum absolute atomic E-state index is 0.301. The van der Waals surface area contributed by atoms with Crippen molar-refractivity contribution in [1.82, 2.24) is 4.98 Å². The first-order chi connectivity index (χ1) is 6.68. The molecule has 0 bridgehead atoms. The third-order valence-electron chi connectivity index (χ3n) is 1.54. The van der Waals surface area contributed by atoms with Crippen LogP contribution in [-0.4, -0.2) is 23.4 Å². The van der Waals surface area contributed by atoms with E-state index in [1.165, 1.54) is 0 Å². The van der Waals surface area contributed by atoms with Crippen molar-refractivity contribution in [2.24, 2.45) is 0 Å². The van der Waals surface area contributed by atoms with E-state index < -0.39 is 0 Å². The molecular weight excluding hydrogens is 196 g/mol. The molecule has 0 amide bonds. The molecule has 0 spiro atoms. The van der Waals surface area contributed by atoms with Crippen molar-refractivity contribution < 1.29 is 4.74 Å². The SMILES string of the molecule is CC(C)OCCSc1ccc(N)cn1. The fraction of sp³-hybridized carbons (Fsp3) is 0.500. The number of ether oxygens (including phenoxy) is 1. The van der Waals surface area contributed by atoms with Crippen molar-refractivity contribution in [2.45, 2.75) is 25.0 Å². The monoisotopic (exact) mass is 212 g/mol. The summed E-state index contributed by atoms with van der Waals surface area (Å²) in [5, 5.41) is 0.992. The van der Waals surface area contributed by atoms with Gasteiger partial charge in [-0.05, 0) is 26.0 Å². The highest BCUT2D eigenvalue weighted by Crippen LogP contribution is 2.15. The molecule has 0 atom stereocenters. The van der Waals surface area contributed by atoms with E-state index >= 15 is 0 Å². The average Bonchev–Trinajstić information content (AvgIpc) is 2.15. The maximum Gasteiger partial charge on any atom is 0.0962 e. The van der Waals surface area contributed by atoms with E-state index in [-0.39, 0.29) is 0 Å². The largest absolute Gasteiger partial charge is 0.397 e. The first-order valence-electron chi connectivity index (χ1n) is 4.64. The molecule has 0 aliphatic heterocycles. The van der Waals surface area contributed by atoms with Crippen LogP contribution in [0.2, 0.25) is 0 Å². The Morgan fingerprint density at radius 1 is 1.50 bits per heavy atom. The summed E-state index contributed by atoms with van der Waals surface area (Å²) in [6.45, 7) is 4.83. The maximum atomic E-state index is 5.52. The predicted octanol–water partition coefficient (Wildman–Crippen LogP) is 2.18. The number of nitrogens with two attached hydrogens (primary N) is 1. The lowest BCUT2D eigenvalue weighted by atomic mass is 10.4. The van der Waals surface area contributed by atoms with Crippen LogP contribution in [0, 0.1) is 0 Å². The molecule has 0 aliphatic carbocycles. The maximum absolute atomic E-state index is 5.52. The zero-order valence-corrected chi connectivity index (χ0v) is 9.38. The fourth-order valence-corrected chi connectivity index (χ4v) is 1.59. The molecule has 1 heterocycles. The number of rotatable bonds is 5. The van der Waals surface area contributed by atoms with Crippen LogP contribution < -0.4 is 5.73 Å². The second-order valence-corrected chi connectivity index (χ2v) is 4.31. The summed E-state index contributed by atoms with van der Waals surface area (Å²) >= 11 is 1.68. The Bertz CT molecular complexity index is 261. The van der Waals surface area contributed by atoms with Crippen LogP contribution in [0.25, 0.3) is 0 Å². The molecule has 0 unspecified atom stereocenters. The Kier molecular flexibility index (Phi) is 4.76. The van der Waals surface area contributed by atoms with Crippen LogP contribution in [0.4, 0.5) is 5.69 Å². The number of nitrogens with zero attached hydrogens (tertiary/aromatic N) is 1. The number of anilines is 1. The Balaban J connectivity index is 2.21. The van der Waals surface area contributed by atoms with Crippen molar-refractivity contribution in [3.8, 4) is 0 Å². The Labute approximate surface area is 89.1 Å². The molecule has 1 aromatic heterocycles. The number of thioether (sulfide) groups is 1. The van der Waals surface area contributed by atoms with Crippen LogP contribution in [-0.2, 0) is 4.74 Å². The summed E-state index contributed by atoms with van der Waals surface area (Å²) in [5.41, 5.74) is 6.23. The van der Waals surface area contributed by atoms with Gasteiger partial charge in [0, 0.05) is 5.75 Å². The molecule has 3 nitrogen and oxygen atoms in total. The highest BCUT2D eigenvalue weighted by molar-refractivity contribution is 7.99. The summed E-state index contributed by atoms with van der Waals surface area (Å²) in [6.07, 6.45) is 1.97. The van der Waals surface area contributed by atoms with Crippen LogP contribution >= 0.6 is 11.8 Å². The number of hydrogen-bond donors (Lipinski definition) is 1. The van der Waals surface area contributed by atoms with Gasteiger partial charge in [0.2, 0.25) is 0 Å². The van der Waals surface area contributed by atoms with Gasteiger partial charge in [-0.25, -0.2) is 4.98 Å². The van der Waals surface area contributed by atoms with Crippen LogP contribution in [0.5, 0.6) is 0 Å². The molecule has 0 saturated carbocycles. The van der Waals surface area contributed by atoms with Gasteiger partial charge in [0.05, 0.1) is 29.6 Å². The van der Waals surface area contributed by atoms with E-state index in [9.17, 15) is 0 Å². The molecule has 1 aromatic rings. The van der Waals surface area contributed by atoms with Crippen LogP contribution in [0.15, 0.2) is 23.4 Å². The molecule has 14 heavy (non-hydrogen) atoms. The second-order valence-electron chi connectivity index (χ2n) is 3.20. The standard InChI is InChI=1S/C10H16N2OS/c1-8(2)13-5-6-14-10-4-3-9(11)7-12-10/h3-4,7-8H,5-6,11H2,1-2H3. The fourth-order valence-electron chi connectivity index (χ4n) is 0.907.